The second-order valence-electron chi connectivity index (χ2n) is 4.54. The van der Waals surface area contributed by atoms with Gasteiger partial charge in [0.1, 0.15) is 0 Å². The third-order valence-electron chi connectivity index (χ3n) is 2.61. The van der Waals surface area contributed by atoms with Crippen LogP contribution in [-0.2, 0) is 0 Å². The topological polar surface area (TPSA) is 87.0 Å². The summed E-state index contributed by atoms with van der Waals surface area (Å²) in [5.41, 5.74) is 0. The fourth-order valence-corrected chi connectivity index (χ4v) is 1.60. The number of rotatable bonds is 8. The van der Waals surface area contributed by atoms with E-state index in [1.165, 1.54) is 0 Å². The molecule has 1 aromatic rings. The monoisotopic (exact) mass is 278 g/mol. The first-order valence-corrected chi connectivity index (χ1v) is 6.82. The number of hydrogen-bond donors (Lipinski definition) is 1. The highest BCUT2D eigenvalue weighted by Gasteiger charge is 2.16. The van der Waals surface area contributed by atoms with Crippen LogP contribution in [0.3, 0.4) is 0 Å². The predicted octanol–water partition coefficient (Wildman–Crippen LogP) is 1.83. The van der Waals surface area contributed by atoms with Crippen molar-refractivity contribution in [3.05, 3.63) is 0 Å². The highest BCUT2D eigenvalue weighted by Crippen LogP contribution is 2.17. The van der Waals surface area contributed by atoms with Crippen molar-refractivity contribution in [1.82, 2.24) is 15.0 Å². The summed E-state index contributed by atoms with van der Waals surface area (Å²) in [6.45, 7) is 7.23. The van der Waals surface area contributed by atoms with Gasteiger partial charge < -0.3 is 15.0 Å². The van der Waals surface area contributed by atoms with Crippen molar-refractivity contribution in [1.29, 1.82) is 5.26 Å². The fourth-order valence-electron chi connectivity index (χ4n) is 1.60. The molecule has 1 rings (SSSR count). The van der Waals surface area contributed by atoms with Crippen molar-refractivity contribution in [3.8, 4) is 12.1 Å². The van der Waals surface area contributed by atoms with Gasteiger partial charge in [0.2, 0.25) is 11.9 Å². The van der Waals surface area contributed by atoms with Gasteiger partial charge in [0.05, 0.1) is 19.1 Å². The van der Waals surface area contributed by atoms with Gasteiger partial charge in [-0.05, 0) is 20.3 Å². The van der Waals surface area contributed by atoms with Gasteiger partial charge in [0.25, 0.3) is 0 Å². The van der Waals surface area contributed by atoms with Crippen molar-refractivity contribution < 1.29 is 4.74 Å². The van der Waals surface area contributed by atoms with E-state index in [4.69, 9.17) is 10.00 Å². The Morgan fingerprint density at radius 3 is 2.65 bits per heavy atom. The van der Waals surface area contributed by atoms with Crippen molar-refractivity contribution in [3.63, 3.8) is 0 Å². The van der Waals surface area contributed by atoms with Crippen molar-refractivity contribution in [2.75, 3.05) is 30.4 Å². The van der Waals surface area contributed by atoms with E-state index < -0.39 is 0 Å². The Balaban J connectivity index is 3.03. The van der Waals surface area contributed by atoms with Gasteiger partial charge in [-0.1, -0.05) is 6.92 Å². The van der Waals surface area contributed by atoms with Crippen LogP contribution in [0.25, 0.3) is 0 Å². The first-order chi connectivity index (χ1) is 9.62. The SMILES string of the molecule is CCCOc1nc(NC)nc(N(CCC#N)C(C)C)n1. The molecule has 0 aliphatic heterocycles. The quantitative estimate of drug-likeness (QED) is 0.776. The first-order valence-electron chi connectivity index (χ1n) is 6.82. The number of ether oxygens (including phenoxy) is 1. The van der Waals surface area contributed by atoms with Crippen LogP contribution in [0, 0.1) is 11.3 Å². The lowest BCUT2D eigenvalue weighted by atomic mass is 10.3. The van der Waals surface area contributed by atoms with Gasteiger partial charge in [0.15, 0.2) is 0 Å². The molecule has 0 aliphatic rings. The molecule has 0 aromatic carbocycles. The Labute approximate surface area is 120 Å². The van der Waals surface area contributed by atoms with Crippen molar-refractivity contribution >= 4 is 11.9 Å². The van der Waals surface area contributed by atoms with E-state index in [1.807, 2.05) is 25.7 Å². The van der Waals surface area contributed by atoms with Gasteiger partial charge in [0, 0.05) is 19.6 Å². The number of aromatic nitrogens is 3. The average molecular weight is 278 g/mol. The lowest BCUT2D eigenvalue weighted by Crippen LogP contribution is -2.33. The molecule has 0 spiro atoms. The second-order valence-corrected chi connectivity index (χ2v) is 4.54. The highest BCUT2D eigenvalue weighted by atomic mass is 16.5. The predicted molar refractivity (Wildman–Crippen MR) is 77.9 cm³/mol. The molecule has 0 atom stereocenters. The van der Waals surface area contributed by atoms with E-state index in [0.717, 1.165) is 6.42 Å². The Morgan fingerprint density at radius 2 is 2.10 bits per heavy atom. The van der Waals surface area contributed by atoms with Gasteiger partial charge in [-0.3, -0.25) is 0 Å². The molecule has 1 heterocycles. The summed E-state index contributed by atoms with van der Waals surface area (Å²) in [6, 6.07) is 2.64. The minimum absolute atomic E-state index is 0.189. The molecule has 0 amide bonds. The molecule has 0 fully saturated rings. The van der Waals surface area contributed by atoms with Crippen molar-refractivity contribution in [2.45, 2.75) is 39.7 Å². The van der Waals surface area contributed by atoms with Crippen molar-refractivity contribution in [2.24, 2.45) is 0 Å². The Hall–Kier alpha value is -2.10. The Morgan fingerprint density at radius 1 is 1.35 bits per heavy atom. The lowest BCUT2D eigenvalue weighted by Gasteiger charge is -2.26. The molecule has 20 heavy (non-hydrogen) atoms. The minimum Gasteiger partial charge on any atom is -0.463 e. The molecular formula is C13H22N6O. The molecular weight excluding hydrogens is 256 g/mol. The first kappa shape index (κ1) is 16.0. The number of anilines is 2. The van der Waals surface area contributed by atoms with Crippen LogP contribution >= 0.6 is 0 Å². The van der Waals surface area contributed by atoms with E-state index in [-0.39, 0.29) is 6.04 Å². The Bertz CT molecular complexity index is 457. The molecule has 1 N–H and O–H groups in total. The zero-order chi connectivity index (χ0) is 15.0. The molecule has 110 valence electrons. The molecule has 1 aromatic heterocycles. The smallest absolute Gasteiger partial charge is 0.323 e. The van der Waals surface area contributed by atoms with E-state index in [0.29, 0.717) is 37.5 Å². The van der Waals surface area contributed by atoms with Crippen LogP contribution in [-0.4, -0.2) is 41.2 Å². The molecule has 0 aliphatic carbocycles. The highest BCUT2D eigenvalue weighted by molar-refractivity contribution is 5.38. The van der Waals surface area contributed by atoms with Gasteiger partial charge in [-0.25, -0.2) is 0 Å². The Kier molecular flexibility index (Phi) is 6.50. The maximum atomic E-state index is 8.75. The van der Waals surface area contributed by atoms with Crippen LogP contribution in [0.15, 0.2) is 0 Å². The summed E-state index contributed by atoms with van der Waals surface area (Å²) >= 11 is 0. The van der Waals surface area contributed by atoms with Crippen LogP contribution < -0.4 is 15.0 Å². The number of hydrogen-bond acceptors (Lipinski definition) is 7. The summed E-state index contributed by atoms with van der Waals surface area (Å²) in [5, 5.41) is 11.6. The third-order valence-corrected chi connectivity index (χ3v) is 2.61. The van der Waals surface area contributed by atoms with Crippen LogP contribution in [0.4, 0.5) is 11.9 Å². The van der Waals surface area contributed by atoms with E-state index in [1.54, 1.807) is 7.05 Å². The van der Waals surface area contributed by atoms with E-state index >= 15 is 0 Å². The van der Waals surface area contributed by atoms with Crippen LogP contribution in [0.5, 0.6) is 6.01 Å². The largest absolute Gasteiger partial charge is 0.463 e. The maximum Gasteiger partial charge on any atom is 0.323 e. The third kappa shape index (κ3) is 4.53. The van der Waals surface area contributed by atoms with Gasteiger partial charge in [-0.2, -0.15) is 20.2 Å². The molecule has 7 nitrogen and oxygen atoms in total. The zero-order valence-corrected chi connectivity index (χ0v) is 12.6. The number of nitrogens with zero attached hydrogens (tertiary/aromatic N) is 5. The molecule has 0 saturated carbocycles. The molecule has 0 bridgehead atoms. The summed E-state index contributed by atoms with van der Waals surface area (Å²) in [4.78, 5) is 14.8. The normalized spacial score (nSPS) is 10.2. The standard InChI is InChI=1S/C13H22N6O/c1-5-9-20-13-17-11(15-4)16-12(18-13)19(10(2)3)8-6-7-14/h10H,5-6,8-9H2,1-4H3,(H,15,16,17,18). The molecule has 0 saturated heterocycles. The molecule has 0 unspecified atom stereocenters. The molecule has 0 radical (unpaired) electrons. The number of nitrogens with one attached hydrogen (secondary N) is 1. The van der Waals surface area contributed by atoms with E-state index in [9.17, 15) is 0 Å². The summed E-state index contributed by atoms with van der Waals surface area (Å²) in [6.07, 6.45) is 1.31. The second kappa shape index (κ2) is 8.15. The minimum atomic E-state index is 0.189. The maximum absolute atomic E-state index is 8.75. The van der Waals surface area contributed by atoms with E-state index in [2.05, 4.69) is 26.3 Å². The van der Waals surface area contributed by atoms with Gasteiger partial charge in [-0.15, -0.1) is 0 Å². The molecule has 7 heteroatoms. The zero-order valence-electron chi connectivity index (χ0n) is 12.6. The van der Waals surface area contributed by atoms with Crippen LogP contribution in [0.1, 0.15) is 33.6 Å². The summed E-state index contributed by atoms with van der Waals surface area (Å²) in [5.74, 6) is 0.990. The average Bonchev–Trinajstić information content (AvgIpc) is 2.45. The fraction of sp³-hybridized carbons (Fsp3) is 0.692. The lowest BCUT2D eigenvalue weighted by molar-refractivity contribution is 0.291. The summed E-state index contributed by atoms with van der Waals surface area (Å²) < 4.78 is 5.48. The number of nitriles is 1. The van der Waals surface area contributed by atoms with Crippen LogP contribution in [0.2, 0.25) is 0 Å². The van der Waals surface area contributed by atoms with Gasteiger partial charge >= 0.3 is 6.01 Å². The summed E-state index contributed by atoms with van der Waals surface area (Å²) in [7, 11) is 1.75.